The lowest BCUT2D eigenvalue weighted by molar-refractivity contribution is 0.710. The maximum Gasteiger partial charge on any atom is 0.159 e. The van der Waals surface area contributed by atoms with E-state index < -0.39 is 0 Å². The Hall–Kier alpha value is -1.23. The minimum Gasteiger partial charge on any atom is -0.197 e. The summed E-state index contributed by atoms with van der Waals surface area (Å²) in [5.41, 5.74) is 0.979. The van der Waals surface area contributed by atoms with E-state index in [1.165, 1.54) is 0 Å². The van der Waals surface area contributed by atoms with Crippen molar-refractivity contribution in [1.82, 2.24) is 20.2 Å². The Morgan fingerprint density at radius 1 is 1.20 bits per heavy atom. The fourth-order valence-corrected chi connectivity index (χ4v) is 1.58. The predicted molar refractivity (Wildman–Crippen MR) is 60.9 cm³/mol. The molecule has 0 saturated carbocycles. The van der Waals surface area contributed by atoms with Crippen molar-refractivity contribution < 1.29 is 0 Å². The topological polar surface area (TPSA) is 43.6 Å². The first-order chi connectivity index (χ1) is 7.18. The number of hydrogen-bond acceptors (Lipinski definition) is 3. The summed E-state index contributed by atoms with van der Waals surface area (Å²) < 4.78 is 2.81. The molecule has 78 valence electrons. The zero-order valence-electron chi connectivity index (χ0n) is 8.55. The summed E-state index contributed by atoms with van der Waals surface area (Å²) in [6.45, 7) is 4.14. The van der Waals surface area contributed by atoms with Gasteiger partial charge in [0.2, 0.25) is 0 Å². The summed E-state index contributed by atoms with van der Waals surface area (Å²) in [7, 11) is 0. The van der Waals surface area contributed by atoms with Crippen LogP contribution in [0.25, 0.3) is 5.69 Å². The molecule has 4 nitrogen and oxygen atoms in total. The molecule has 0 atom stereocenters. The monoisotopic (exact) mass is 266 g/mol. The Labute approximate surface area is 96.4 Å². The van der Waals surface area contributed by atoms with Gasteiger partial charge >= 0.3 is 0 Å². The van der Waals surface area contributed by atoms with Crippen molar-refractivity contribution in [3.8, 4) is 5.69 Å². The van der Waals surface area contributed by atoms with Crippen LogP contribution in [0.1, 0.15) is 25.6 Å². The zero-order valence-corrected chi connectivity index (χ0v) is 10.1. The van der Waals surface area contributed by atoms with Gasteiger partial charge in [0.05, 0.1) is 5.69 Å². The second-order valence-corrected chi connectivity index (χ2v) is 4.50. The van der Waals surface area contributed by atoms with E-state index in [1.54, 1.807) is 4.68 Å². The Morgan fingerprint density at radius 2 is 1.87 bits per heavy atom. The Morgan fingerprint density at radius 3 is 2.47 bits per heavy atom. The summed E-state index contributed by atoms with van der Waals surface area (Å²) in [4.78, 5) is 0. The Bertz CT molecular complexity index is 447. The minimum atomic E-state index is 0.309. The van der Waals surface area contributed by atoms with Crippen LogP contribution < -0.4 is 0 Å². The van der Waals surface area contributed by atoms with E-state index in [-0.39, 0.29) is 0 Å². The molecule has 0 bridgehead atoms. The molecule has 0 aliphatic carbocycles. The van der Waals surface area contributed by atoms with Crippen molar-refractivity contribution in [2.45, 2.75) is 19.8 Å². The fourth-order valence-electron chi connectivity index (χ4n) is 1.32. The van der Waals surface area contributed by atoms with Crippen LogP contribution in [0.5, 0.6) is 0 Å². The molecule has 2 aromatic rings. The van der Waals surface area contributed by atoms with Gasteiger partial charge < -0.3 is 0 Å². The fraction of sp³-hybridized carbons (Fsp3) is 0.300. The highest BCUT2D eigenvalue weighted by atomic mass is 79.9. The molecule has 0 amide bonds. The summed E-state index contributed by atoms with van der Waals surface area (Å²) in [6.07, 6.45) is 0. The smallest absolute Gasteiger partial charge is 0.159 e. The molecule has 0 saturated heterocycles. The van der Waals surface area contributed by atoms with Gasteiger partial charge in [0.15, 0.2) is 5.82 Å². The molecule has 0 aliphatic rings. The van der Waals surface area contributed by atoms with Crippen LogP contribution >= 0.6 is 15.9 Å². The van der Waals surface area contributed by atoms with Crippen LogP contribution in [-0.4, -0.2) is 20.2 Å². The van der Waals surface area contributed by atoms with E-state index in [4.69, 9.17) is 0 Å². The van der Waals surface area contributed by atoms with Gasteiger partial charge in [-0.15, -0.1) is 5.10 Å². The predicted octanol–water partition coefficient (Wildman–Crippen LogP) is 2.55. The van der Waals surface area contributed by atoms with Gasteiger partial charge in [-0.2, -0.15) is 4.68 Å². The van der Waals surface area contributed by atoms with Crippen molar-refractivity contribution in [1.29, 1.82) is 0 Å². The van der Waals surface area contributed by atoms with Gasteiger partial charge in [0.1, 0.15) is 0 Å². The first-order valence-electron chi connectivity index (χ1n) is 4.72. The number of aromatic nitrogens is 4. The molecule has 0 aliphatic heterocycles. The third kappa shape index (κ3) is 2.07. The van der Waals surface area contributed by atoms with Crippen LogP contribution in [-0.2, 0) is 0 Å². The first kappa shape index (κ1) is 10.3. The second-order valence-electron chi connectivity index (χ2n) is 3.58. The largest absolute Gasteiger partial charge is 0.197 e. The molecule has 0 fully saturated rings. The Kier molecular flexibility index (Phi) is 2.81. The van der Waals surface area contributed by atoms with E-state index in [1.807, 2.05) is 24.3 Å². The van der Waals surface area contributed by atoms with Crippen molar-refractivity contribution in [3.63, 3.8) is 0 Å². The molecule has 1 heterocycles. The molecule has 1 aromatic carbocycles. The van der Waals surface area contributed by atoms with Crippen molar-refractivity contribution >= 4 is 15.9 Å². The van der Waals surface area contributed by atoms with Crippen LogP contribution in [0.15, 0.2) is 28.7 Å². The number of nitrogens with zero attached hydrogens (tertiary/aromatic N) is 4. The first-order valence-corrected chi connectivity index (χ1v) is 5.52. The maximum atomic E-state index is 4.00. The molecule has 15 heavy (non-hydrogen) atoms. The molecule has 0 radical (unpaired) electrons. The van der Waals surface area contributed by atoms with Crippen LogP contribution in [0.4, 0.5) is 0 Å². The van der Waals surface area contributed by atoms with Gasteiger partial charge in [-0.05, 0) is 34.7 Å². The number of halogens is 1. The number of benzene rings is 1. The second kappa shape index (κ2) is 4.10. The molecule has 0 spiro atoms. The van der Waals surface area contributed by atoms with Crippen LogP contribution in [0.2, 0.25) is 0 Å². The van der Waals surface area contributed by atoms with Gasteiger partial charge in [0.25, 0.3) is 0 Å². The average Bonchev–Trinajstić information content (AvgIpc) is 2.67. The molecule has 5 heteroatoms. The number of tetrazole rings is 1. The van der Waals surface area contributed by atoms with Crippen molar-refractivity contribution in [2.75, 3.05) is 0 Å². The van der Waals surface area contributed by atoms with Gasteiger partial charge in [0, 0.05) is 10.4 Å². The van der Waals surface area contributed by atoms with Gasteiger partial charge in [-0.1, -0.05) is 29.8 Å². The lowest BCUT2D eigenvalue weighted by Crippen LogP contribution is -2.04. The molecular weight excluding hydrogens is 256 g/mol. The van der Waals surface area contributed by atoms with Crippen molar-refractivity contribution in [3.05, 3.63) is 34.6 Å². The third-order valence-electron chi connectivity index (χ3n) is 2.08. The standard InChI is InChI=1S/C10H11BrN4/c1-7(2)10-12-13-14-15(10)9-5-3-8(11)4-6-9/h3-7H,1-2H3. The lowest BCUT2D eigenvalue weighted by Gasteiger charge is -2.06. The third-order valence-corrected chi connectivity index (χ3v) is 2.61. The normalized spacial score (nSPS) is 10.9. The summed E-state index contributed by atoms with van der Waals surface area (Å²) in [5, 5.41) is 11.7. The van der Waals surface area contributed by atoms with Crippen LogP contribution in [0, 0.1) is 0 Å². The van der Waals surface area contributed by atoms with Crippen LogP contribution in [0.3, 0.4) is 0 Å². The molecule has 0 N–H and O–H groups in total. The van der Waals surface area contributed by atoms with E-state index >= 15 is 0 Å². The minimum absolute atomic E-state index is 0.309. The Balaban J connectivity index is 2.45. The quantitative estimate of drug-likeness (QED) is 0.839. The lowest BCUT2D eigenvalue weighted by atomic mass is 10.2. The summed E-state index contributed by atoms with van der Waals surface area (Å²) >= 11 is 3.40. The van der Waals surface area contributed by atoms with E-state index in [2.05, 4.69) is 45.3 Å². The van der Waals surface area contributed by atoms with Crippen molar-refractivity contribution in [2.24, 2.45) is 0 Å². The van der Waals surface area contributed by atoms with E-state index in [0.29, 0.717) is 5.92 Å². The molecule has 2 rings (SSSR count). The van der Waals surface area contributed by atoms with Gasteiger partial charge in [-0.25, -0.2) is 0 Å². The highest BCUT2D eigenvalue weighted by Crippen LogP contribution is 2.17. The maximum absolute atomic E-state index is 4.00. The molecular formula is C10H11BrN4. The van der Waals surface area contributed by atoms with E-state index in [9.17, 15) is 0 Å². The molecule has 1 aromatic heterocycles. The zero-order chi connectivity index (χ0) is 10.8. The number of rotatable bonds is 2. The summed E-state index contributed by atoms with van der Waals surface area (Å²) in [6, 6.07) is 7.90. The highest BCUT2D eigenvalue weighted by molar-refractivity contribution is 9.10. The van der Waals surface area contributed by atoms with E-state index in [0.717, 1.165) is 16.0 Å². The average molecular weight is 267 g/mol. The van der Waals surface area contributed by atoms with Gasteiger partial charge in [-0.3, -0.25) is 0 Å². The summed E-state index contributed by atoms with van der Waals surface area (Å²) in [5.74, 6) is 1.18. The SMILES string of the molecule is CC(C)c1nnnn1-c1ccc(Br)cc1. The number of hydrogen-bond donors (Lipinski definition) is 0. The molecule has 0 unspecified atom stereocenters. The highest BCUT2D eigenvalue weighted by Gasteiger charge is 2.11.